The van der Waals surface area contributed by atoms with Crippen molar-refractivity contribution in [2.24, 2.45) is 0 Å². The van der Waals surface area contributed by atoms with Crippen LogP contribution < -0.4 is 10.5 Å². The molecular weight excluding hydrogens is 182 g/mol. The van der Waals surface area contributed by atoms with Crippen molar-refractivity contribution >= 4 is 21.8 Å². The van der Waals surface area contributed by atoms with Crippen LogP contribution in [0.2, 0.25) is 0 Å². The van der Waals surface area contributed by atoms with Crippen LogP contribution in [0, 0.1) is 0 Å². The Morgan fingerprint density at radius 2 is 2.25 bits per heavy atom. The number of rotatable bonds is 2. The maximum Gasteiger partial charge on any atom is 0.358 e. The van der Waals surface area contributed by atoms with Crippen LogP contribution in [0.3, 0.4) is 0 Å². The Morgan fingerprint density at radius 1 is 1.58 bits per heavy atom. The zero-order chi connectivity index (χ0) is 9.19. The lowest BCUT2D eigenvalue weighted by Gasteiger charge is -2.00. The van der Waals surface area contributed by atoms with Gasteiger partial charge in [0, 0.05) is 18.0 Å². The van der Waals surface area contributed by atoms with Crippen LogP contribution in [-0.4, -0.2) is 18.0 Å². The van der Waals surface area contributed by atoms with E-state index >= 15 is 0 Å². The Kier molecular flexibility index (Phi) is 2.15. The van der Waals surface area contributed by atoms with Crippen molar-refractivity contribution in [3.05, 3.63) is 18.3 Å². The lowest BCUT2D eigenvalue weighted by atomic mass is 10.4. The Bertz CT molecular complexity index is 375. The number of nitrogens with one attached hydrogen (secondary N) is 1. The van der Waals surface area contributed by atoms with E-state index in [2.05, 4.69) is 4.98 Å². The average molecular weight is 189 g/mol. The number of anilines is 2. The number of hydrogen-bond acceptors (Lipinski definition) is 4. The molecule has 0 spiro atoms. The molecule has 4 N–H and O–H groups in total. The Balaban J connectivity index is 2.91. The number of nitrogens with two attached hydrogens (primary N) is 1. The molecule has 0 radical (unpaired) electrons. The Morgan fingerprint density at radius 3 is 2.75 bits per heavy atom. The van der Waals surface area contributed by atoms with Gasteiger partial charge < -0.3 is 5.73 Å². The molecule has 1 aromatic rings. The standard InChI is InChI=1S/C5H7N3O3S/c6-4-1-2-7-5(3-4)8-12(9,10)11/h1-3H,(H3,6,7,8)(H,9,10,11). The van der Waals surface area contributed by atoms with E-state index < -0.39 is 10.3 Å². The van der Waals surface area contributed by atoms with Gasteiger partial charge in [-0.05, 0) is 6.07 Å². The minimum Gasteiger partial charge on any atom is -0.399 e. The fourth-order valence-electron chi connectivity index (χ4n) is 0.635. The van der Waals surface area contributed by atoms with Crippen LogP contribution in [-0.2, 0) is 10.3 Å². The van der Waals surface area contributed by atoms with Gasteiger partial charge in [0.25, 0.3) is 0 Å². The van der Waals surface area contributed by atoms with Crippen LogP contribution in [0.1, 0.15) is 0 Å². The van der Waals surface area contributed by atoms with Crippen LogP contribution in [0.5, 0.6) is 0 Å². The van der Waals surface area contributed by atoms with Gasteiger partial charge in [-0.2, -0.15) is 8.42 Å². The molecule has 0 fully saturated rings. The van der Waals surface area contributed by atoms with Gasteiger partial charge in [-0.25, -0.2) is 9.71 Å². The summed E-state index contributed by atoms with van der Waals surface area (Å²) in [6.45, 7) is 0. The summed E-state index contributed by atoms with van der Waals surface area (Å²) in [5, 5.41) is 0. The molecule has 0 unspecified atom stereocenters. The molecule has 7 heteroatoms. The predicted molar refractivity (Wildman–Crippen MR) is 43.8 cm³/mol. The topological polar surface area (TPSA) is 105 Å². The van der Waals surface area contributed by atoms with Gasteiger partial charge in [0.1, 0.15) is 5.82 Å². The van der Waals surface area contributed by atoms with E-state index in [1.807, 2.05) is 0 Å². The second-order valence-corrected chi connectivity index (χ2v) is 3.21. The summed E-state index contributed by atoms with van der Waals surface area (Å²) in [6, 6.07) is 2.78. The van der Waals surface area contributed by atoms with Crippen LogP contribution in [0.25, 0.3) is 0 Å². The van der Waals surface area contributed by atoms with E-state index in [0.29, 0.717) is 5.69 Å². The molecule has 0 aliphatic carbocycles. The first-order valence-corrected chi connectivity index (χ1v) is 4.38. The number of nitrogens with zero attached hydrogens (tertiary/aromatic N) is 1. The highest BCUT2D eigenvalue weighted by Crippen LogP contribution is 2.08. The third-order valence-corrected chi connectivity index (χ3v) is 1.48. The smallest absolute Gasteiger partial charge is 0.358 e. The molecule has 1 rings (SSSR count). The lowest BCUT2D eigenvalue weighted by Crippen LogP contribution is -2.11. The molecule has 0 saturated carbocycles. The maximum absolute atomic E-state index is 10.3. The minimum atomic E-state index is -4.26. The van der Waals surface area contributed by atoms with Crippen molar-refractivity contribution < 1.29 is 13.0 Å². The number of pyridine rings is 1. The highest BCUT2D eigenvalue weighted by atomic mass is 32.2. The van der Waals surface area contributed by atoms with E-state index in [1.165, 1.54) is 18.3 Å². The molecule has 0 aliphatic heterocycles. The van der Waals surface area contributed by atoms with Gasteiger partial charge >= 0.3 is 10.3 Å². The van der Waals surface area contributed by atoms with Crippen molar-refractivity contribution in [2.75, 3.05) is 10.5 Å². The predicted octanol–water partition coefficient (Wildman–Crippen LogP) is -0.122. The highest BCUT2D eigenvalue weighted by Gasteiger charge is 2.03. The van der Waals surface area contributed by atoms with E-state index in [0.717, 1.165) is 0 Å². The zero-order valence-corrected chi connectivity index (χ0v) is 6.75. The normalized spacial score (nSPS) is 11.1. The van der Waals surface area contributed by atoms with E-state index in [-0.39, 0.29) is 5.82 Å². The van der Waals surface area contributed by atoms with Crippen LogP contribution in [0.15, 0.2) is 18.3 Å². The molecule has 6 nitrogen and oxygen atoms in total. The second-order valence-electron chi connectivity index (χ2n) is 2.05. The Labute approximate surface area is 69.3 Å². The highest BCUT2D eigenvalue weighted by molar-refractivity contribution is 7.87. The zero-order valence-electron chi connectivity index (χ0n) is 5.93. The van der Waals surface area contributed by atoms with Crippen molar-refractivity contribution in [3.8, 4) is 0 Å². The van der Waals surface area contributed by atoms with Gasteiger partial charge in [-0.3, -0.25) is 4.55 Å². The van der Waals surface area contributed by atoms with Crippen molar-refractivity contribution in [1.29, 1.82) is 0 Å². The minimum absolute atomic E-state index is 0.0162. The summed E-state index contributed by atoms with van der Waals surface area (Å²) in [7, 11) is -4.26. The van der Waals surface area contributed by atoms with Gasteiger partial charge in [-0.1, -0.05) is 0 Å². The van der Waals surface area contributed by atoms with Gasteiger partial charge in [0.05, 0.1) is 0 Å². The first kappa shape index (κ1) is 8.75. The molecule has 0 aromatic carbocycles. The summed E-state index contributed by atoms with van der Waals surface area (Å²) in [5.74, 6) is -0.0162. The molecule has 1 heterocycles. The second kappa shape index (κ2) is 2.95. The maximum atomic E-state index is 10.3. The number of hydrogen-bond donors (Lipinski definition) is 3. The third-order valence-electron chi connectivity index (χ3n) is 1.02. The first-order valence-electron chi connectivity index (χ1n) is 2.94. The van der Waals surface area contributed by atoms with Gasteiger partial charge in [-0.15, -0.1) is 0 Å². The summed E-state index contributed by atoms with van der Waals surface area (Å²) in [5.41, 5.74) is 5.68. The first-order chi connectivity index (χ1) is 5.47. The summed E-state index contributed by atoms with van der Waals surface area (Å²) in [6.07, 6.45) is 1.32. The third kappa shape index (κ3) is 2.72. The molecule has 0 amide bonds. The van der Waals surface area contributed by atoms with E-state index in [9.17, 15) is 8.42 Å². The molecule has 1 aromatic heterocycles. The van der Waals surface area contributed by atoms with Crippen molar-refractivity contribution in [1.82, 2.24) is 4.98 Å². The van der Waals surface area contributed by atoms with Gasteiger partial charge in [0.15, 0.2) is 0 Å². The number of aromatic nitrogens is 1. The fraction of sp³-hybridized carbons (Fsp3) is 0. The van der Waals surface area contributed by atoms with Crippen LogP contribution >= 0.6 is 0 Å². The number of nitrogen functional groups attached to an aromatic ring is 1. The monoisotopic (exact) mass is 189 g/mol. The average Bonchev–Trinajstić information content (AvgIpc) is 1.82. The van der Waals surface area contributed by atoms with E-state index in [4.69, 9.17) is 10.3 Å². The quantitative estimate of drug-likeness (QED) is 0.562. The molecule has 12 heavy (non-hydrogen) atoms. The molecule has 66 valence electrons. The molecular formula is C5H7N3O3S. The van der Waals surface area contributed by atoms with E-state index in [1.54, 1.807) is 4.72 Å². The van der Waals surface area contributed by atoms with Gasteiger partial charge in [0.2, 0.25) is 0 Å². The molecule has 0 bridgehead atoms. The van der Waals surface area contributed by atoms with Crippen molar-refractivity contribution in [2.45, 2.75) is 0 Å². The molecule has 0 aliphatic rings. The summed E-state index contributed by atoms with van der Waals surface area (Å²) in [4.78, 5) is 3.59. The molecule has 0 atom stereocenters. The largest absolute Gasteiger partial charge is 0.399 e. The Hall–Kier alpha value is -1.34. The molecule has 0 saturated heterocycles. The van der Waals surface area contributed by atoms with Crippen molar-refractivity contribution in [3.63, 3.8) is 0 Å². The lowest BCUT2D eigenvalue weighted by molar-refractivity contribution is 0.489. The summed E-state index contributed by atoms with van der Waals surface area (Å²) < 4.78 is 30.7. The summed E-state index contributed by atoms with van der Waals surface area (Å²) >= 11 is 0. The fourth-order valence-corrected chi connectivity index (χ4v) is 1.01. The SMILES string of the molecule is Nc1ccnc(NS(=O)(=O)O)c1. The van der Waals surface area contributed by atoms with Crippen LogP contribution in [0.4, 0.5) is 11.5 Å².